The van der Waals surface area contributed by atoms with Gasteiger partial charge in [0.1, 0.15) is 0 Å². The summed E-state index contributed by atoms with van der Waals surface area (Å²) in [4.78, 5) is 21.2. The molecule has 16 heavy (non-hydrogen) atoms. The fourth-order valence-corrected chi connectivity index (χ4v) is 1.79. The first kappa shape index (κ1) is 10.4. The first-order valence-corrected chi connectivity index (χ1v) is 4.71. The van der Waals surface area contributed by atoms with Gasteiger partial charge < -0.3 is 5.11 Å². The topological polar surface area (TPSA) is 80.4 Å². The fourth-order valence-electron chi connectivity index (χ4n) is 1.79. The first-order chi connectivity index (χ1) is 7.56. The zero-order valence-corrected chi connectivity index (χ0v) is 8.29. The maximum Gasteiger partial charge on any atom is 0.387 e. The van der Waals surface area contributed by atoms with E-state index >= 15 is 0 Å². The number of rotatable bonds is 2. The number of carboxylic acid groups (broad SMARTS) is 1. The van der Waals surface area contributed by atoms with Crippen LogP contribution in [0.4, 0.5) is 0 Å². The van der Waals surface area contributed by atoms with Crippen LogP contribution in [0.3, 0.4) is 0 Å². The Kier molecular flexibility index (Phi) is 2.23. The predicted octanol–water partition coefficient (Wildman–Crippen LogP) is 1.36. The van der Waals surface area contributed by atoms with E-state index in [4.69, 9.17) is 5.11 Å². The molecule has 0 aliphatic heterocycles. The number of benzene rings is 1. The molecule has 0 spiro atoms. The Bertz CT molecular complexity index is 479. The molecule has 0 heterocycles. The summed E-state index contributed by atoms with van der Waals surface area (Å²) < 4.78 is 0. The molecular weight excluding hydrogens is 210 g/mol. The summed E-state index contributed by atoms with van der Waals surface area (Å²) in [6.07, 6.45) is 2.54. The molecular formula is C11H9NO4. The Morgan fingerprint density at radius 2 is 2.12 bits per heavy atom. The van der Waals surface area contributed by atoms with Crippen molar-refractivity contribution in [3.63, 3.8) is 0 Å². The summed E-state index contributed by atoms with van der Waals surface area (Å²) in [6, 6.07) is 7.06. The van der Waals surface area contributed by atoms with Crippen LogP contribution in [-0.2, 0) is 11.2 Å². The smallest absolute Gasteiger partial charge is 0.387 e. The molecule has 0 radical (unpaired) electrons. The minimum Gasteiger partial charge on any atom is -0.476 e. The van der Waals surface area contributed by atoms with Crippen molar-refractivity contribution < 1.29 is 14.8 Å². The van der Waals surface area contributed by atoms with Gasteiger partial charge in [-0.25, -0.2) is 4.79 Å². The summed E-state index contributed by atoms with van der Waals surface area (Å²) in [5.74, 6) is -1.43. The summed E-state index contributed by atoms with van der Waals surface area (Å²) in [6.45, 7) is 0. The first-order valence-electron chi connectivity index (χ1n) is 4.71. The van der Waals surface area contributed by atoms with E-state index in [-0.39, 0.29) is 6.42 Å². The molecule has 1 atom stereocenters. The summed E-state index contributed by atoms with van der Waals surface area (Å²) >= 11 is 0. The third-order valence-corrected chi connectivity index (χ3v) is 2.75. The number of fused-ring (bicyclic) bond motifs is 1. The lowest BCUT2D eigenvalue weighted by Crippen LogP contribution is -2.47. The van der Waals surface area contributed by atoms with E-state index in [9.17, 15) is 14.9 Å². The third kappa shape index (κ3) is 1.37. The van der Waals surface area contributed by atoms with Crippen molar-refractivity contribution in [1.82, 2.24) is 0 Å². The maximum absolute atomic E-state index is 11.0. The average molecular weight is 219 g/mol. The second kappa shape index (κ2) is 3.44. The molecule has 1 N–H and O–H groups in total. The van der Waals surface area contributed by atoms with Crippen LogP contribution in [0.25, 0.3) is 6.08 Å². The maximum atomic E-state index is 11.0. The lowest BCUT2D eigenvalue weighted by atomic mass is 9.84. The Balaban J connectivity index is 2.51. The van der Waals surface area contributed by atoms with Gasteiger partial charge in [0.2, 0.25) is 0 Å². The van der Waals surface area contributed by atoms with Crippen molar-refractivity contribution in [2.75, 3.05) is 0 Å². The van der Waals surface area contributed by atoms with Crippen molar-refractivity contribution in [2.45, 2.75) is 12.0 Å². The van der Waals surface area contributed by atoms with Crippen molar-refractivity contribution in [3.8, 4) is 0 Å². The lowest BCUT2D eigenvalue weighted by Gasteiger charge is -2.22. The van der Waals surface area contributed by atoms with E-state index in [1.54, 1.807) is 18.2 Å². The Morgan fingerprint density at radius 3 is 2.75 bits per heavy atom. The van der Waals surface area contributed by atoms with E-state index in [2.05, 4.69) is 0 Å². The molecule has 0 saturated heterocycles. The molecule has 1 aliphatic carbocycles. The molecule has 0 bridgehead atoms. The summed E-state index contributed by atoms with van der Waals surface area (Å²) in [5.41, 5.74) is -0.501. The second-order valence-electron chi connectivity index (χ2n) is 3.70. The van der Waals surface area contributed by atoms with Gasteiger partial charge in [0.15, 0.2) is 0 Å². The third-order valence-electron chi connectivity index (χ3n) is 2.75. The minimum atomic E-state index is -2.02. The Labute approximate surface area is 91.2 Å². The number of nitro groups is 1. The number of hydrogen-bond acceptors (Lipinski definition) is 3. The van der Waals surface area contributed by atoms with Crippen molar-refractivity contribution >= 4 is 12.0 Å². The number of hydrogen-bond donors (Lipinski definition) is 1. The predicted molar refractivity (Wildman–Crippen MR) is 56.5 cm³/mol. The second-order valence-corrected chi connectivity index (χ2v) is 3.70. The van der Waals surface area contributed by atoms with Gasteiger partial charge in [-0.05, 0) is 11.1 Å². The number of aliphatic carboxylic acids is 1. The van der Waals surface area contributed by atoms with E-state index in [1.807, 2.05) is 6.07 Å². The highest BCUT2D eigenvalue weighted by Crippen LogP contribution is 2.28. The minimum absolute atomic E-state index is 0.109. The normalized spacial score (nSPS) is 22.5. The average Bonchev–Trinajstić information content (AvgIpc) is 2.27. The highest BCUT2D eigenvalue weighted by atomic mass is 16.6. The van der Waals surface area contributed by atoms with Gasteiger partial charge in [-0.3, -0.25) is 10.1 Å². The lowest BCUT2D eigenvalue weighted by molar-refractivity contribution is -0.540. The quantitative estimate of drug-likeness (QED) is 0.601. The largest absolute Gasteiger partial charge is 0.476 e. The number of carbonyl (C=O) groups is 1. The zero-order chi connectivity index (χ0) is 11.8. The van der Waals surface area contributed by atoms with Gasteiger partial charge in [0.05, 0.1) is 6.42 Å². The molecule has 1 aromatic carbocycles. The van der Waals surface area contributed by atoms with Crippen LogP contribution in [0, 0.1) is 10.1 Å². The Morgan fingerprint density at radius 1 is 1.44 bits per heavy atom. The van der Waals surface area contributed by atoms with Crippen LogP contribution in [0.2, 0.25) is 0 Å². The van der Waals surface area contributed by atoms with Crippen LogP contribution in [0.5, 0.6) is 0 Å². The van der Waals surface area contributed by atoms with Crippen LogP contribution >= 0.6 is 0 Å². The van der Waals surface area contributed by atoms with Crippen molar-refractivity contribution in [3.05, 3.63) is 51.6 Å². The van der Waals surface area contributed by atoms with E-state index in [0.29, 0.717) is 5.56 Å². The molecule has 1 unspecified atom stereocenters. The zero-order valence-electron chi connectivity index (χ0n) is 8.29. The van der Waals surface area contributed by atoms with Crippen LogP contribution in [0.1, 0.15) is 11.1 Å². The standard InChI is InChI=1S/C11H9NO4/c13-10(14)11(12(15)16)6-5-8-3-1-2-4-9(8)7-11/h1-6H,7H2,(H,13,14). The van der Waals surface area contributed by atoms with Gasteiger partial charge in [0, 0.05) is 11.0 Å². The van der Waals surface area contributed by atoms with Crippen molar-refractivity contribution in [1.29, 1.82) is 0 Å². The molecule has 0 aromatic heterocycles. The molecule has 1 aromatic rings. The van der Waals surface area contributed by atoms with Gasteiger partial charge in [-0.1, -0.05) is 30.3 Å². The molecule has 0 saturated carbocycles. The Hall–Kier alpha value is -2.17. The summed E-state index contributed by atoms with van der Waals surface area (Å²) in [5, 5.41) is 19.9. The van der Waals surface area contributed by atoms with E-state index in [1.165, 1.54) is 6.08 Å². The van der Waals surface area contributed by atoms with Crippen molar-refractivity contribution in [2.24, 2.45) is 0 Å². The molecule has 0 fully saturated rings. The number of carboxylic acids is 1. The highest BCUT2D eigenvalue weighted by molar-refractivity contribution is 5.83. The van der Waals surface area contributed by atoms with Crippen LogP contribution in [-0.4, -0.2) is 21.5 Å². The molecule has 82 valence electrons. The fraction of sp³-hybridized carbons (Fsp3) is 0.182. The number of nitrogens with zero attached hydrogens (tertiary/aromatic N) is 1. The molecule has 2 rings (SSSR count). The van der Waals surface area contributed by atoms with Crippen LogP contribution in [0.15, 0.2) is 30.3 Å². The van der Waals surface area contributed by atoms with Gasteiger partial charge in [0.25, 0.3) is 0 Å². The van der Waals surface area contributed by atoms with E-state index in [0.717, 1.165) is 11.6 Å². The molecule has 5 nitrogen and oxygen atoms in total. The van der Waals surface area contributed by atoms with Gasteiger partial charge in [-0.2, -0.15) is 0 Å². The molecule has 1 aliphatic rings. The highest BCUT2D eigenvalue weighted by Gasteiger charge is 2.50. The molecule has 5 heteroatoms. The molecule has 0 amide bonds. The summed E-state index contributed by atoms with van der Waals surface area (Å²) in [7, 11) is 0. The van der Waals surface area contributed by atoms with Gasteiger partial charge in [-0.15, -0.1) is 0 Å². The van der Waals surface area contributed by atoms with Gasteiger partial charge >= 0.3 is 11.5 Å². The SMILES string of the molecule is O=C(O)C1([N+](=O)[O-])C=Cc2ccccc2C1. The monoisotopic (exact) mass is 219 g/mol. The van der Waals surface area contributed by atoms with E-state index < -0.39 is 16.4 Å². The van der Waals surface area contributed by atoms with Crippen LogP contribution < -0.4 is 0 Å².